The van der Waals surface area contributed by atoms with E-state index in [0.717, 1.165) is 11.8 Å². The molecule has 15 heteroatoms. The molecule has 0 aromatic heterocycles. The molecule has 7 N–H and O–H groups in total. The summed E-state index contributed by atoms with van der Waals surface area (Å²) in [5.74, 6) is -3.00. The van der Waals surface area contributed by atoms with Gasteiger partial charge >= 0.3 is 11.9 Å². The van der Waals surface area contributed by atoms with Crippen molar-refractivity contribution in [3.05, 3.63) is 0 Å². The summed E-state index contributed by atoms with van der Waals surface area (Å²) in [6.45, 7) is 8.59. The van der Waals surface area contributed by atoms with Crippen LogP contribution in [0, 0.1) is 0 Å². The molecule has 0 unspecified atom stereocenters. The van der Waals surface area contributed by atoms with Gasteiger partial charge < -0.3 is 36.6 Å². The van der Waals surface area contributed by atoms with Crippen molar-refractivity contribution in [1.29, 1.82) is 0 Å². The lowest BCUT2D eigenvalue weighted by atomic mass is 10.1. The predicted octanol–water partition coefficient (Wildman–Crippen LogP) is 0.290. The summed E-state index contributed by atoms with van der Waals surface area (Å²) in [6, 6.07) is -3.98. The van der Waals surface area contributed by atoms with Crippen LogP contribution in [0.15, 0.2) is 0 Å². The third-order valence-corrected chi connectivity index (χ3v) is 7.86. The van der Waals surface area contributed by atoms with Gasteiger partial charge in [-0.1, -0.05) is 61.0 Å². The minimum Gasteiger partial charge on any atom is -0.481 e. The highest BCUT2D eigenvalue weighted by atomic mass is 33.1. The fourth-order valence-electron chi connectivity index (χ4n) is 3.02. The minimum atomic E-state index is -1.45. The van der Waals surface area contributed by atoms with E-state index in [9.17, 15) is 34.2 Å². The van der Waals surface area contributed by atoms with Crippen molar-refractivity contribution in [3.8, 4) is 0 Å². The van der Waals surface area contributed by atoms with Crippen molar-refractivity contribution in [2.24, 2.45) is 0 Å². The standard InChI is InChI=1S/C22H40N4O8S3/c1-11(2)23-14(7-8-17(28)29)19(30)25-16(22(34)35-6)10-37-36-9-15(24-12(3)4)20(31)26-18(13(5)27)21(32)33/h11-16,18,23-24,27H,7-10H2,1-6H3,(H,25,30)(H,26,31)(H,28,29)(H,32,33)/t13-,14+,15+,16+,18+/m1/s1. The first kappa shape index (κ1) is 35.5. The highest BCUT2D eigenvalue weighted by Crippen LogP contribution is 2.24. The van der Waals surface area contributed by atoms with Crippen LogP contribution in [0.4, 0.5) is 0 Å². The largest absolute Gasteiger partial charge is 0.481 e. The van der Waals surface area contributed by atoms with Gasteiger partial charge in [-0.25, -0.2) is 4.79 Å². The van der Waals surface area contributed by atoms with E-state index in [-0.39, 0.29) is 41.5 Å². The molecule has 0 aliphatic heterocycles. The third-order valence-electron chi connectivity index (χ3n) is 4.75. The Balaban J connectivity index is 5.17. The van der Waals surface area contributed by atoms with Gasteiger partial charge in [0.05, 0.1) is 18.2 Å². The summed E-state index contributed by atoms with van der Waals surface area (Å²) < 4.78 is 0. The van der Waals surface area contributed by atoms with Gasteiger partial charge in [-0.15, -0.1) is 0 Å². The Morgan fingerprint density at radius 2 is 1.24 bits per heavy atom. The summed E-state index contributed by atoms with van der Waals surface area (Å²) in [5, 5.41) is 38.7. The van der Waals surface area contributed by atoms with Crippen molar-refractivity contribution in [2.75, 3.05) is 17.8 Å². The maximum absolute atomic E-state index is 12.8. The Bertz CT molecular complexity index is 770. The fraction of sp³-hybridized carbons (Fsp3) is 0.773. The molecule has 0 spiro atoms. The van der Waals surface area contributed by atoms with Crippen LogP contribution in [-0.4, -0.2) is 104 Å². The molecule has 0 radical (unpaired) electrons. The number of carboxylic acids is 2. The van der Waals surface area contributed by atoms with E-state index in [4.69, 9.17) is 5.11 Å². The number of aliphatic hydroxyl groups is 1. The summed E-state index contributed by atoms with van der Waals surface area (Å²) in [4.78, 5) is 60.2. The number of hydrogen-bond donors (Lipinski definition) is 7. The van der Waals surface area contributed by atoms with Gasteiger partial charge in [0.25, 0.3) is 0 Å². The quantitative estimate of drug-likeness (QED) is 0.0809. The third kappa shape index (κ3) is 15.5. The van der Waals surface area contributed by atoms with Crippen molar-refractivity contribution < 1.29 is 39.3 Å². The van der Waals surface area contributed by atoms with E-state index in [2.05, 4.69) is 21.3 Å². The van der Waals surface area contributed by atoms with Gasteiger partial charge in [0, 0.05) is 30.0 Å². The highest BCUT2D eigenvalue weighted by Gasteiger charge is 2.30. The highest BCUT2D eigenvalue weighted by molar-refractivity contribution is 8.76. The Kier molecular flexibility index (Phi) is 17.9. The molecule has 0 bridgehead atoms. The van der Waals surface area contributed by atoms with Crippen LogP contribution in [-0.2, 0) is 24.0 Å². The number of carbonyl (C=O) groups is 5. The Morgan fingerprint density at radius 1 is 0.757 bits per heavy atom. The second-order valence-corrected chi connectivity index (χ2v) is 12.3. The Morgan fingerprint density at radius 3 is 1.68 bits per heavy atom. The molecule has 2 amide bonds. The SMILES string of the molecule is CSC(=O)[C@H](CSSC[C@H](NC(C)C)C(=O)N[C@H](C(=O)O)[C@@H](C)O)NC(=O)[C@H](CCC(=O)O)NC(C)C. The van der Waals surface area contributed by atoms with Crippen molar-refractivity contribution in [1.82, 2.24) is 21.3 Å². The van der Waals surface area contributed by atoms with Crippen molar-refractivity contribution in [3.63, 3.8) is 0 Å². The number of carbonyl (C=O) groups excluding carboxylic acids is 3. The van der Waals surface area contributed by atoms with E-state index in [1.165, 1.54) is 28.5 Å². The lowest BCUT2D eigenvalue weighted by Crippen LogP contribution is -2.55. The van der Waals surface area contributed by atoms with Gasteiger partial charge in [-0.2, -0.15) is 0 Å². The average molecular weight is 585 g/mol. The van der Waals surface area contributed by atoms with Crippen LogP contribution in [0.3, 0.4) is 0 Å². The lowest BCUT2D eigenvalue weighted by molar-refractivity contribution is -0.145. The van der Waals surface area contributed by atoms with Gasteiger partial charge in [0.1, 0.15) is 6.04 Å². The number of thioether (sulfide) groups is 1. The summed E-state index contributed by atoms with van der Waals surface area (Å²) in [6.07, 6.45) is 0.188. The number of rotatable bonds is 19. The normalized spacial score (nSPS) is 15.5. The number of nitrogens with one attached hydrogen (secondary N) is 4. The monoisotopic (exact) mass is 584 g/mol. The molecule has 12 nitrogen and oxygen atoms in total. The molecule has 37 heavy (non-hydrogen) atoms. The summed E-state index contributed by atoms with van der Waals surface area (Å²) in [7, 11) is 2.53. The number of hydrogen-bond acceptors (Lipinski definition) is 11. The van der Waals surface area contributed by atoms with E-state index >= 15 is 0 Å². The molecule has 0 saturated heterocycles. The van der Waals surface area contributed by atoms with Crippen LogP contribution in [0.2, 0.25) is 0 Å². The average Bonchev–Trinajstić information content (AvgIpc) is 2.79. The van der Waals surface area contributed by atoms with Gasteiger partial charge in [0.15, 0.2) is 6.04 Å². The predicted molar refractivity (Wildman–Crippen MR) is 148 cm³/mol. The first-order valence-corrected chi connectivity index (χ1v) is 15.5. The smallest absolute Gasteiger partial charge is 0.328 e. The second-order valence-electron chi connectivity index (χ2n) is 8.90. The molecular formula is C22H40N4O8S3. The molecule has 0 aromatic rings. The first-order chi connectivity index (χ1) is 17.2. The van der Waals surface area contributed by atoms with Crippen LogP contribution in [0.25, 0.3) is 0 Å². The number of amides is 2. The van der Waals surface area contributed by atoms with Gasteiger partial charge in [0.2, 0.25) is 16.9 Å². The molecule has 0 aliphatic carbocycles. The van der Waals surface area contributed by atoms with Crippen LogP contribution >= 0.6 is 33.3 Å². The molecule has 5 atom stereocenters. The summed E-state index contributed by atoms with van der Waals surface area (Å²) in [5.41, 5.74) is 0. The number of aliphatic carboxylic acids is 2. The van der Waals surface area contributed by atoms with Crippen LogP contribution in [0.5, 0.6) is 0 Å². The van der Waals surface area contributed by atoms with Gasteiger partial charge in [-0.3, -0.25) is 19.2 Å². The maximum atomic E-state index is 12.8. The topological polar surface area (TPSA) is 194 Å². The molecular weight excluding hydrogens is 544 g/mol. The molecule has 0 aliphatic rings. The minimum absolute atomic E-state index is 0.0723. The zero-order valence-corrected chi connectivity index (χ0v) is 24.4. The van der Waals surface area contributed by atoms with Crippen LogP contribution in [0.1, 0.15) is 47.5 Å². The molecule has 0 fully saturated rings. The van der Waals surface area contributed by atoms with E-state index in [1.807, 2.05) is 27.7 Å². The molecule has 0 aromatic carbocycles. The zero-order chi connectivity index (χ0) is 28.7. The van der Waals surface area contributed by atoms with E-state index in [0.29, 0.717) is 0 Å². The fourth-order valence-corrected chi connectivity index (χ4v) is 5.89. The van der Waals surface area contributed by atoms with Crippen LogP contribution < -0.4 is 21.3 Å². The maximum Gasteiger partial charge on any atom is 0.328 e. The zero-order valence-electron chi connectivity index (χ0n) is 22.0. The summed E-state index contributed by atoms with van der Waals surface area (Å²) >= 11 is 0.962. The van der Waals surface area contributed by atoms with Crippen molar-refractivity contribution >= 4 is 62.2 Å². The second kappa shape index (κ2) is 18.7. The Hall–Kier alpha value is -1.52. The van der Waals surface area contributed by atoms with Crippen molar-refractivity contribution in [2.45, 2.75) is 89.8 Å². The number of aliphatic hydroxyl groups excluding tert-OH is 1. The Labute approximate surface area is 230 Å². The van der Waals surface area contributed by atoms with E-state index < -0.39 is 54.0 Å². The van der Waals surface area contributed by atoms with Gasteiger partial charge in [-0.05, 0) is 19.6 Å². The molecule has 0 saturated carbocycles. The molecule has 0 rings (SSSR count). The molecule has 0 heterocycles. The number of carboxylic acid groups (broad SMARTS) is 2. The molecule has 214 valence electrons. The lowest BCUT2D eigenvalue weighted by Gasteiger charge is -2.25. The van der Waals surface area contributed by atoms with E-state index in [1.54, 1.807) is 6.26 Å². The first-order valence-electron chi connectivity index (χ1n) is 11.8.